The first kappa shape index (κ1) is 13.8. The molecule has 0 aliphatic rings. The minimum absolute atomic E-state index is 0.443. The largest absolute Gasteiger partial charge is 0.380 e. The summed E-state index contributed by atoms with van der Waals surface area (Å²) in [5, 5.41) is 8.25. The summed E-state index contributed by atoms with van der Waals surface area (Å²) in [5.41, 5.74) is 8.58. The van der Waals surface area contributed by atoms with Gasteiger partial charge in [0.25, 0.3) is 0 Å². The van der Waals surface area contributed by atoms with Crippen LogP contribution in [0.25, 0.3) is 11.0 Å². The Labute approximate surface area is 114 Å². The third-order valence-electron chi connectivity index (χ3n) is 3.29. The van der Waals surface area contributed by atoms with Crippen LogP contribution in [-0.2, 0) is 12.8 Å². The number of imidazole rings is 1. The summed E-state index contributed by atoms with van der Waals surface area (Å²) in [6, 6.07) is 0. The standard InChI is InChI=1S/C14H23N5/c1-4-5-6-11-16-12-10(8-7-9(2)3)18-19-14(15)13(12)17-11/h9H,4-8H2,1-3H3,(H2,15,19)(H,16,17). The molecule has 5 nitrogen and oxygen atoms in total. The number of hydrogen-bond donors (Lipinski definition) is 2. The molecular weight excluding hydrogens is 238 g/mol. The summed E-state index contributed by atoms with van der Waals surface area (Å²) < 4.78 is 0. The van der Waals surface area contributed by atoms with Crippen molar-refractivity contribution in [3.63, 3.8) is 0 Å². The van der Waals surface area contributed by atoms with E-state index in [4.69, 9.17) is 5.73 Å². The Hall–Kier alpha value is -1.65. The zero-order chi connectivity index (χ0) is 13.8. The maximum atomic E-state index is 5.88. The molecule has 0 aromatic carbocycles. The minimum atomic E-state index is 0.443. The van der Waals surface area contributed by atoms with Crippen LogP contribution in [0.1, 0.15) is 51.6 Å². The highest BCUT2D eigenvalue weighted by molar-refractivity contribution is 5.85. The topological polar surface area (TPSA) is 80.5 Å². The quantitative estimate of drug-likeness (QED) is 0.837. The number of anilines is 1. The Morgan fingerprint density at radius 3 is 2.68 bits per heavy atom. The number of nitrogens with two attached hydrogens (primary N) is 1. The molecule has 0 saturated carbocycles. The van der Waals surface area contributed by atoms with Crippen molar-refractivity contribution in [1.29, 1.82) is 0 Å². The molecule has 0 aliphatic carbocycles. The van der Waals surface area contributed by atoms with E-state index in [0.29, 0.717) is 11.7 Å². The van der Waals surface area contributed by atoms with Crippen molar-refractivity contribution in [1.82, 2.24) is 20.2 Å². The zero-order valence-corrected chi connectivity index (χ0v) is 12.0. The number of nitrogens with zero attached hydrogens (tertiary/aromatic N) is 3. The maximum Gasteiger partial charge on any atom is 0.172 e. The van der Waals surface area contributed by atoms with Crippen molar-refractivity contribution in [2.45, 2.75) is 52.9 Å². The van der Waals surface area contributed by atoms with E-state index in [1.54, 1.807) is 0 Å². The predicted octanol–water partition coefficient (Wildman–Crippen LogP) is 2.87. The fraction of sp³-hybridized carbons (Fsp3) is 0.643. The third-order valence-corrected chi connectivity index (χ3v) is 3.29. The third kappa shape index (κ3) is 3.22. The molecule has 104 valence electrons. The second-order valence-corrected chi connectivity index (χ2v) is 5.48. The lowest BCUT2D eigenvalue weighted by Crippen LogP contribution is -2.01. The molecule has 2 aromatic heterocycles. The molecule has 0 atom stereocenters. The molecule has 0 fully saturated rings. The molecule has 5 heteroatoms. The fourth-order valence-corrected chi connectivity index (χ4v) is 2.08. The van der Waals surface area contributed by atoms with Crippen molar-refractivity contribution in [2.24, 2.45) is 5.92 Å². The van der Waals surface area contributed by atoms with Crippen molar-refractivity contribution in [3.05, 3.63) is 11.5 Å². The highest BCUT2D eigenvalue weighted by Gasteiger charge is 2.13. The number of nitrogen functional groups attached to an aromatic ring is 1. The van der Waals surface area contributed by atoms with Crippen molar-refractivity contribution < 1.29 is 0 Å². The lowest BCUT2D eigenvalue weighted by Gasteiger charge is -2.04. The van der Waals surface area contributed by atoms with Gasteiger partial charge >= 0.3 is 0 Å². The van der Waals surface area contributed by atoms with Crippen LogP contribution in [-0.4, -0.2) is 20.2 Å². The van der Waals surface area contributed by atoms with Crippen LogP contribution in [0.4, 0.5) is 5.82 Å². The van der Waals surface area contributed by atoms with E-state index in [1.807, 2.05) is 0 Å². The van der Waals surface area contributed by atoms with E-state index in [-0.39, 0.29) is 0 Å². The Kier molecular flexibility index (Phi) is 4.35. The monoisotopic (exact) mass is 261 g/mol. The van der Waals surface area contributed by atoms with Crippen LogP contribution in [0.15, 0.2) is 0 Å². The Bertz CT molecular complexity index is 544. The average Bonchev–Trinajstić information content (AvgIpc) is 2.80. The summed E-state index contributed by atoms with van der Waals surface area (Å²) in [7, 11) is 0. The predicted molar refractivity (Wildman–Crippen MR) is 77.9 cm³/mol. The molecule has 0 unspecified atom stereocenters. The second-order valence-electron chi connectivity index (χ2n) is 5.48. The summed E-state index contributed by atoms with van der Waals surface area (Å²) in [5.74, 6) is 2.08. The number of H-pyrrole nitrogens is 1. The lowest BCUT2D eigenvalue weighted by atomic mass is 10.1. The molecule has 0 spiro atoms. The first-order valence-electron chi connectivity index (χ1n) is 7.11. The Morgan fingerprint density at radius 2 is 2.00 bits per heavy atom. The Balaban J connectivity index is 2.31. The van der Waals surface area contributed by atoms with Gasteiger partial charge in [-0.3, -0.25) is 0 Å². The van der Waals surface area contributed by atoms with Gasteiger partial charge < -0.3 is 10.7 Å². The summed E-state index contributed by atoms with van der Waals surface area (Å²) in [6.07, 6.45) is 5.23. The van der Waals surface area contributed by atoms with Gasteiger partial charge in [-0.1, -0.05) is 27.2 Å². The van der Waals surface area contributed by atoms with Gasteiger partial charge in [0, 0.05) is 6.42 Å². The van der Waals surface area contributed by atoms with Crippen LogP contribution in [0, 0.1) is 5.92 Å². The van der Waals surface area contributed by atoms with Crippen LogP contribution in [0.5, 0.6) is 0 Å². The SMILES string of the molecule is CCCCc1nc2c(CCC(C)C)nnc(N)c2[nH]1. The van der Waals surface area contributed by atoms with Gasteiger partial charge in [0.05, 0.1) is 5.69 Å². The molecule has 0 aliphatic heterocycles. The van der Waals surface area contributed by atoms with Gasteiger partial charge in [-0.05, 0) is 25.2 Å². The van der Waals surface area contributed by atoms with Crippen LogP contribution in [0.2, 0.25) is 0 Å². The van der Waals surface area contributed by atoms with Crippen molar-refractivity contribution in [2.75, 3.05) is 5.73 Å². The molecule has 0 amide bonds. The van der Waals surface area contributed by atoms with E-state index in [1.165, 1.54) is 0 Å². The number of aromatic nitrogens is 4. The van der Waals surface area contributed by atoms with E-state index >= 15 is 0 Å². The zero-order valence-electron chi connectivity index (χ0n) is 12.0. The van der Waals surface area contributed by atoms with Gasteiger partial charge in [-0.25, -0.2) is 4.98 Å². The van der Waals surface area contributed by atoms with E-state index in [2.05, 4.69) is 40.9 Å². The minimum Gasteiger partial charge on any atom is -0.380 e. The number of aromatic amines is 1. The number of unbranched alkanes of at least 4 members (excludes halogenated alkanes) is 1. The second kappa shape index (κ2) is 5.99. The molecule has 19 heavy (non-hydrogen) atoms. The highest BCUT2D eigenvalue weighted by Crippen LogP contribution is 2.21. The van der Waals surface area contributed by atoms with E-state index in [9.17, 15) is 0 Å². The molecule has 2 aromatic rings. The molecule has 3 N–H and O–H groups in total. The number of nitrogens with one attached hydrogen (secondary N) is 1. The molecule has 2 rings (SSSR count). The summed E-state index contributed by atoms with van der Waals surface area (Å²) in [6.45, 7) is 6.59. The molecular formula is C14H23N5. The number of hydrogen-bond acceptors (Lipinski definition) is 4. The van der Waals surface area contributed by atoms with Gasteiger partial charge in [-0.15, -0.1) is 5.10 Å². The number of aryl methyl sites for hydroxylation is 2. The maximum absolute atomic E-state index is 5.88. The summed E-state index contributed by atoms with van der Waals surface area (Å²) >= 11 is 0. The van der Waals surface area contributed by atoms with Crippen molar-refractivity contribution >= 4 is 16.9 Å². The van der Waals surface area contributed by atoms with E-state index in [0.717, 1.165) is 54.7 Å². The highest BCUT2D eigenvalue weighted by atomic mass is 15.2. The van der Waals surface area contributed by atoms with Gasteiger partial charge in [0.2, 0.25) is 0 Å². The summed E-state index contributed by atoms with van der Waals surface area (Å²) in [4.78, 5) is 7.94. The Morgan fingerprint density at radius 1 is 1.21 bits per heavy atom. The molecule has 0 radical (unpaired) electrons. The number of rotatable bonds is 6. The fourth-order valence-electron chi connectivity index (χ4n) is 2.08. The molecule has 0 saturated heterocycles. The smallest absolute Gasteiger partial charge is 0.172 e. The van der Waals surface area contributed by atoms with Gasteiger partial charge in [0.1, 0.15) is 16.9 Å². The molecule has 0 bridgehead atoms. The molecule has 2 heterocycles. The normalized spacial score (nSPS) is 11.6. The van der Waals surface area contributed by atoms with Crippen LogP contribution >= 0.6 is 0 Å². The van der Waals surface area contributed by atoms with Crippen molar-refractivity contribution in [3.8, 4) is 0 Å². The van der Waals surface area contributed by atoms with Crippen LogP contribution in [0.3, 0.4) is 0 Å². The lowest BCUT2D eigenvalue weighted by molar-refractivity contribution is 0.580. The van der Waals surface area contributed by atoms with Crippen LogP contribution < -0.4 is 5.73 Å². The average molecular weight is 261 g/mol. The van der Waals surface area contributed by atoms with E-state index < -0.39 is 0 Å². The van der Waals surface area contributed by atoms with Gasteiger partial charge in [0.15, 0.2) is 5.82 Å². The first-order chi connectivity index (χ1) is 9.11. The first-order valence-corrected chi connectivity index (χ1v) is 7.11. The number of fused-ring (bicyclic) bond motifs is 1. The van der Waals surface area contributed by atoms with Gasteiger partial charge in [-0.2, -0.15) is 5.10 Å².